The first-order valence-corrected chi connectivity index (χ1v) is 7.58. The molecule has 1 atom stereocenters. The maximum Gasteiger partial charge on any atom is 0.322 e. The molecule has 122 valence electrons. The van der Waals surface area contributed by atoms with Crippen LogP contribution in [0.3, 0.4) is 0 Å². The summed E-state index contributed by atoms with van der Waals surface area (Å²) in [5, 5.41) is 11.0. The van der Waals surface area contributed by atoms with Crippen molar-refractivity contribution in [2.24, 2.45) is 7.05 Å². The largest absolute Gasteiger partial charge is 0.480 e. The third-order valence-corrected chi connectivity index (χ3v) is 4.03. The number of hydrogen-bond acceptors (Lipinski definition) is 5. The molecular formula is C15H20N6O2. The summed E-state index contributed by atoms with van der Waals surface area (Å²) < 4.78 is 7.08. The quantitative estimate of drug-likeness (QED) is 0.930. The lowest BCUT2D eigenvalue weighted by atomic mass is 9.97. The molecule has 23 heavy (non-hydrogen) atoms. The van der Waals surface area contributed by atoms with E-state index < -0.39 is 0 Å². The standard InChI is InChI=1S/C15H20N6O2/c1-20-10-17-19-13(20)11-5-4-8-21(9-11)15(22)18-12-6-3-7-16-14(12)23-2/h3,6-7,10-11H,4-5,8-9H2,1-2H3,(H,18,22)/t11-/m1/s1. The first-order chi connectivity index (χ1) is 11.2. The van der Waals surface area contributed by atoms with Gasteiger partial charge in [0.25, 0.3) is 0 Å². The van der Waals surface area contributed by atoms with Crippen LogP contribution in [0.25, 0.3) is 0 Å². The average Bonchev–Trinajstić information content (AvgIpc) is 3.01. The Morgan fingerprint density at radius 2 is 2.35 bits per heavy atom. The maximum atomic E-state index is 12.5. The van der Waals surface area contributed by atoms with E-state index in [0.717, 1.165) is 25.2 Å². The van der Waals surface area contributed by atoms with Crippen LogP contribution in [0.15, 0.2) is 24.7 Å². The summed E-state index contributed by atoms with van der Waals surface area (Å²) in [5.41, 5.74) is 0.570. The van der Waals surface area contributed by atoms with E-state index in [-0.39, 0.29) is 11.9 Å². The van der Waals surface area contributed by atoms with Crippen LogP contribution in [-0.4, -0.2) is 50.9 Å². The van der Waals surface area contributed by atoms with E-state index in [1.165, 1.54) is 7.11 Å². The zero-order valence-corrected chi connectivity index (χ0v) is 13.3. The van der Waals surface area contributed by atoms with Crippen LogP contribution in [0.1, 0.15) is 24.6 Å². The van der Waals surface area contributed by atoms with Crippen LogP contribution in [0.4, 0.5) is 10.5 Å². The summed E-state index contributed by atoms with van der Waals surface area (Å²) in [7, 11) is 3.46. The Hall–Kier alpha value is -2.64. The lowest BCUT2D eigenvalue weighted by Crippen LogP contribution is -2.42. The lowest BCUT2D eigenvalue weighted by Gasteiger charge is -2.32. The first kappa shape index (κ1) is 15.3. The third kappa shape index (κ3) is 3.25. The van der Waals surface area contributed by atoms with E-state index in [1.807, 2.05) is 11.6 Å². The van der Waals surface area contributed by atoms with E-state index in [2.05, 4.69) is 20.5 Å². The molecule has 0 spiro atoms. The van der Waals surface area contributed by atoms with Crippen LogP contribution in [-0.2, 0) is 7.05 Å². The van der Waals surface area contributed by atoms with Crippen LogP contribution in [0.2, 0.25) is 0 Å². The Labute approximate surface area is 134 Å². The molecule has 8 nitrogen and oxygen atoms in total. The molecule has 2 aromatic heterocycles. The number of aromatic nitrogens is 4. The molecule has 1 aliphatic rings. The van der Waals surface area contributed by atoms with Gasteiger partial charge in [0, 0.05) is 32.3 Å². The Morgan fingerprint density at radius 1 is 1.48 bits per heavy atom. The average molecular weight is 316 g/mol. The van der Waals surface area contributed by atoms with Crippen molar-refractivity contribution in [3.05, 3.63) is 30.5 Å². The van der Waals surface area contributed by atoms with Crippen LogP contribution >= 0.6 is 0 Å². The van der Waals surface area contributed by atoms with Crippen molar-refractivity contribution in [1.29, 1.82) is 0 Å². The van der Waals surface area contributed by atoms with Gasteiger partial charge in [-0.1, -0.05) is 0 Å². The number of pyridine rings is 1. The Morgan fingerprint density at radius 3 is 3.09 bits per heavy atom. The zero-order valence-electron chi connectivity index (χ0n) is 13.3. The fraction of sp³-hybridized carbons (Fsp3) is 0.467. The fourth-order valence-corrected chi connectivity index (χ4v) is 2.88. The lowest BCUT2D eigenvalue weighted by molar-refractivity contribution is 0.190. The number of piperidine rings is 1. The predicted octanol–water partition coefficient (Wildman–Crippen LogP) is 1.63. The number of nitrogens with zero attached hydrogens (tertiary/aromatic N) is 5. The number of nitrogens with one attached hydrogen (secondary N) is 1. The van der Waals surface area contributed by atoms with Crippen molar-refractivity contribution >= 4 is 11.7 Å². The van der Waals surface area contributed by atoms with E-state index in [0.29, 0.717) is 18.1 Å². The van der Waals surface area contributed by atoms with Crippen LogP contribution in [0.5, 0.6) is 5.88 Å². The van der Waals surface area contributed by atoms with E-state index in [9.17, 15) is 4.79 Å². The minimum atomic E-state index is -0.150. The molecule has 1 fully saturated rings. The molecule has 0 unspecified atom stereocenters. The number of anilines is 1. The van der Waals surface area contributed by atoms with Crippen molar-refractivity contribution in [2.45, 2.75) is 18.8 Å². The number of urea groups is 1. The summed E-state index contributed by atoms with van der Waals surface area (Å²) in [6, 6.07) is 3.38. The van der Waals surface area contributed by atoms with Crippen molar-refractivity contribution < 1.29 is 9.53 Å². The monoisotopic (exact) mass is 316 g/mol. The highest BCUT2D eigenvalue weighted by molar-refractivity contribution is 5.90. The van der Waals surface area contributed by atoms with Gasteiger partial charge in [0.15, 0.2) is 0 Å². The summed E-state index contributed by atoms with van der Waals surface area (Å²) >= 11 is 0. The second kappa shape index (κ2) is 6.64. The fourth-order valence-electron chi connectivity index (χ4n) is 2.88. The van der Waals surface area contributed by atoms with Gasteiger partial charge < -0.3 is 19.5 Å². The topological polar surface area (TPSA) is 85.2 Å². The number of likely N-dealkylation sites (tertiary alicyclic amines) is 1. The number of amides is 2. The van der Waals surface area contributed by atoms with Crippen molar-refractivity contribution in [1.82, 2.24) is 24.6 Å². The summed E-state index contributed by atoms with van der Waals surface area (Å²) in [4.78, 5) is 18.4. The number of hydrogen-bond donors (Lipinski definition) is 1. The molecule has 2 amide bonds. The van der Waals surface area contributed by atoms with Crippen LogP contribution < -0.4 is 10.1 Å². The summed E-state index contributed by atoms with van der Waals surface area (Å²) in [5.74, 6) is 1.53. The maximum absolute atomic E-state index is 12.5. The van der Waals surface area contributed by atoms with Crippen molar-refractivity contribution in [3.63, 3.8) is 0 Å². The van der Waals surface area contributed by atoms with E-state index in [1.54, 1.807) is 29.6 Å². The second-order valence-electron chi connectivity index (χ2n) is 5.58. The zero-order chi connectivity index (χ0) is 16.2. The highest BCUT2D eigenvalue weighted by atomic mass is 16.5. The van der Waals surface area contributed by atoms with Gasteiger partial charge in [0.05, 0.1) is 7.11 Å². The molecule has 0 aliphatic carbocycles. The molecular weight excluding hydrogens is 296 g/mol. The molecule has 3 rings (SSSR count). The number of carbonyl (C=O) groups is 1. The number of rotatable bonds is 3. The third-order valence-electron chi connectivity index (χ3n) is 4.03. The Balaban J connectivity index is 1.69. The van der Waals surface area contributed by atoms with Crippen molar-refractivity contribution in [3.8, 4) is 5.88 Å². The smallest absolute Gasteiger partial charge is 0.322 e. The molecule has 3 heterocycles. The molecule has 0 bridgehead atoms. The van der Waals surface area contributed by atoms with Crippen LogP contribution in [0, 0.1) is 0 Å². The second-order valence-corrected chi connectivity index (χ2v) is 5.58. The van der Waals surface area contributed by atoms with Gasteiger partial charge in [-0.25, -0.2) is 9.78 Å². The van der Waals surface area contributed by atoms with Gasteiger partial charge in [0.1, 0.15) is 17.8 Å². The van der Waals surface area contributed by atoms with Gasteiger partial charge in [-0.15, -0.1) is 10.2 Å². The number of carbonyl (C=O) groups excluding carboxylic acids is 1. The Kier molecular flexibility index (Phi) is 4.40. The minimum absolute atomic E-state index is 0.150. The van der Waals surface area contributed by atoms with Crippen molar-refractivity contribution in [2.75, 3.05) is 25.5 Å². The molecule has 1 saturated heterocycles. The molecule has 0 aromatic carbocycles. The van der Waals surface area contributed by atoms with Gasteiger partial charge in [-0.3, -0.25) is 0 Å². The molecule has 8 heteroatoms. The molecule has 0 radical (unpaired) electrons. The number of methoxy groups -OCH3 is 1. The molecule has 1 N–H and O–H groups in total. The van der Waals surface area contributed by atoms with E-state index >= 15 is 0 Å². The van der Waals surface area contributed by atoms with Gasteiger partial charge in [0.2, 0.25) is 5.88 Å². The normalized spacial score (nSPS) is 17.8. The summed E-state index contributed by atoms with van der Waals surface area (Å²) in [6.45, 7) is 1.35. The van der Waals surface area contributed by atoms with Gasteiger partial charge in [-0.05, 0) is 25.0 Å². The first-order valence-electron chi connectivity index (χ1n) is 7.58. The van der Waals surface area contributed by atoms with E-state index in [4.69, 9.17) is 4.74 Å². The van der Waals surface area contributed by atoms with Gasteiger partial charge in [-0.2, -0.15) is 0 Å². The number of ether oxygens (including phenoxy) is 1. The predicted molar refractivity (Wildman–Crippen MR) is 84.4 cm³/mol. The SMILES string of the molecule is COc1ncccc1NC(=O)N1CCC[C@@H](c2nncn2C)C1. The Bertz CT molecular complexity index is 686. The molecule has 0 saturated carbocycles. The highest BCUT2D eigenvalue weighted by Crippen LogP contribution is 2.26. The highest BCUT2D eigenvalue weighted by Gasteiger charge is 2.27. The van der Waals surface area contributed by atoms with Gasteiger partial charge >= 0.3 is 6.03 Å². The molecule has 1 aliphatic heterocycles. The molecule has 2 aromatic rings. The minimum Gasteiger partial charge on any atom is -0.480 e. The number of aryl methyl sites for hydroxylation is 1. The summed E-state index contributed by atoms with van der Waals surface area (Å²) in [6.07, 6.45) is 5.26.